The first-order chi connectivity index (χ1) is 6.75. The number of benzene rings is 1. The second-order valence-electron chi connectivity index (χ2n) is 3.43. The van der Waals surface area contributed by atoms with Crippen LogP contribution in [0.4, 0.5) is 4.39 Å². The molecule has 0 aliphatic heterocycles. The molecule has 0 atom stereocenters. The number of hydrogen-bond donors (Lipinski definition) is 0. The molecule has 1 heterocycles. The van der Waals surface area contributed by atoms with Crippen LogP contribution in [0.25, 0.3) is 0 Å². The second kappa shape index (κ2) is 3.66. The monoisotopic (exact) mass is 189 g/mol. The zero-order valence-electron chi connectivity index (χ0n) is 8.07. The van der Waals surface area contributed by atoms with Crippen molar-refractivity contribution < 1.29 is 4.39 Å². The Morgan fingerprint density at radius 1 is 1.21 bits per heavy atom. The Morgan fingerprint density at radius 3 is 2.64 bits per heavy atom. The van der Waals surface area contributed by atoms with E-state index < -0.39 is 0 Å². The molecule has 0 spiro atoms. The van der Waals surface area contributed by atoms with E-state index in [0.717, 1.165) is 17.7 Å². The molecule has 0 amide bonds. The minimum absolute atomic E-state index is 0.169. The van der Waals surface area contributed by atoms with Crippen LogP contribution in [0, 0.1) is 12.7 Å². The molecule has 0 N–H and O–H groups in total. The molecule has 0 aliphatic rings. The number of halogens is 1. The molecule has 0 bridgehead atoms. The summed E-state index contributed by atoms with van der Waals surface area (Å²) < 4.78 is 15.0. The van der Waals surface area contributed by atoms with E-state index in [1.165, 1.54) is 6.07 Å². The molecule has 72 valence electrons. The summed E-state index contributed by atoms with van der Waals surface area (Å²) in [6.45, 7) is 2.73. The average molecular weight is 189 g/mol. The van der Waals surface area contributed by atoms with Crippen LogP contribution in [-0.4, -0.2) is 4.57 Å². The Bertz CT molecular complexity index is 418. The van der Waals surface area contributed by atoms with E-state index in [1.807, 2.05) is 42.1 Å². The normalized spacial score (nSPS) is 10.4. The minimum atomic E-state index is -0.169. The predicted octanol–water partition coefficient (Wildman–Crippen LogP) is 2.98. The third kappa shape index (κ3) is 1.84. The van der Waals surface area contributed by atoms with E-state index in [-0.39, 0.29) is 5.82 Å². The lowest BCUT2D eigenvalue weighted by molar-refractivity contribution is 0.622. The van der Waals surface area contributed by atoms with E-state index in [2.05, 4.69) is 0 Å². The SMILES string of the molecule is Cc1ccc(F)cc1Cn1cccc1. The van der Waals surface area contributed by atoms with Crippen molar-refractivity contribution in [1.29, 1.82) is 0 Å². The van der Waals surface area contributed by atoms with Crippen molar-refractivity contribution >= 4 is 0 Å². The topological polar surface area (TPSA) is 4.93 Å². The number of rotatable bonds is 2. The van der Waals surface area contributed by atoms with Crippen LogP contribution in [0.2, 0.25) is 0 Å². The van der Waals surface area contributed by atoms with Crippen molar-refractivity contribution in [3.8, 4) is 0 Å². The standard InChI is InChI=1S/C12H12FN/c1-10-4-5-12(13)8-11(10)9-14-6-2-3-7-14/h2-8H,9H2,1H3. The van der Waals surface area contributed by atoms with E-state index in [0.29, 0.717) is 0 Å². The van der Waals surface area contributed by atoms with Gasteiger partial charge in [0, 0.05) is 18.9 Å². The highest BCUT2D eigenvalue weighted by molar-refractivity contribution is 5.26. The van der Waals surface area contributed by atoms with E-state index in [4.69, 9.17) is 0 Å². The summed E-state index contributed by atoms with van der Waals surface area (Å²) in [5.74, 6) is -0.169. The third-order valence-corrected chi connectivity index (χ3v) is 2.33. The maximum absolute atomic E-state index is 13.0. The summed E-state index contributed by atoms with van der Waals surface area (Å²) in [6.07, 6.45) is 3.95. The highest BCUT2D eigenvalue weighted by atomic mass is 19.1. The summed E-state index contributed by atoms with van der Waals surface area (Å²) in [6, 6.07) is 8.83. The Kier molecular flexibility index (Phi) is 2.35. The predicted molar refractivity (Wildman–Crippen MR) is 54.7 cm³/mol. The number of nitrogens with zero attached hydrogens (tertiary/aromatic N) is 1. The van der Waals surface area contributed by atoms with Crippen LogP contribution in [0.5, 0.6) is 0 Å². The van der Waals surface area contributed by atoms with Gasteiger partial charge in [0.25, 0.3) is 0 Å². The van der Waals surface area contributed by atoms with Gasteiger partial charge in [-0.1, -0.05) is 6.07 Å². The van der Waals surface area contributed by atoms with Gasteiger partial charge >= 0.3 is 0 Å². The molecular weight excluding hydrogens is 177 g/mol. The van der Waals surface area contributed by atoms with Crippen molar-refractivity contribution in [3.63, 3.8) is 0 Å². The Morgan fingerprint density at radius 2 is 1.93 bits per heavy atom. The van der Waals surface area contributed by atoms with Gasteiger partial charge in [-0.25, -0.2) is 4.39 Å². The van der Waals surface area contributed by atoms with Gasteiger partial charge < -0.3 is 4.57 Å². The minimum Gasteiger partial charge on any atom is -0.350 e. The first-order valence-corrected chi connectivity index (χ1v) is 4.61. The maximum Gasteiger partial charge on any atom is 0.123 e. The van der Waals surface area contributed by atoms with Crippen LogP contribution < -0.4 is 0 Å². The summed E-state index contributed by atoms with van der Waals surface area (Å²) >= 11 is 0. The molecule has 0 saturated carbocycles. The Labute approximate surface area is 82.8 Å². The fourth-order valence-electron chi connectivity index (χ4n) is 1.48. The lowest BCUT2D eigenvalue weighted by Crippen LogP contribution is -1.99. The van der Waals surface area contributed by atoms with Crippen molar-refractivity contribution in [2.24, 2.45) is 0 Å². The molecule has 0 fully saturated rings. The molecule has 1 aromatic heterocycles. The van der Waals surface area contributed by atoms with Gasteiger partial charge in [-0.05, 0) is 42.3 Å². The molecular formula is C12H12FN. The van der Waals surface area contributed by atoms with Crippen LogP contribution in [-0.2, 0) is 6.54 Å². The molecule has 1 aromatic carbocycles. The van der Waals surface area contributed by atoms with Crippen LogP contribution in [0.15, 0.2) is 42.7 Å². The van der Waals surface area contributed by atoms with Crippen molar-refractivity contribution in [3.05, 3.63) is 59.7 Å². The van der Waals surface area contributed by atoms with Gasteiger partial charge in [-0.15, -0.1) is 0 Å². The number of hydrogen-bond acceptors (Lipinski definition) is 0. The molecule has 1 nitrogen and oxygen atoms in total. The molecule has 0 saturated heterocycles. The zero-order valence-corrected chi connectivity index (χ0v) is 8.07. The van der Waals surface area contributed by atoms with Crippen LogP contribution >= 0.6 is 0 Å². The first kappa shape index (κ1) is 9.00. The van der Waals surface area contributed by atoms with Gasteiger partial charge in [0.05, 0.1) is 0 Å². The molecule has 14 heavy (non-hydrogen) atoms. The zero-order chi connectivity index (χ0) is 9.97. The summed E-state index contributed by atoms with van der Waals surface area (Å²) in [5, 5.41) is 0. The molecule has 0 aliphatic carbocycles. The molecule has 2 aromatic rings. The lowest BCUT2D eigenvalue weighted by Gasteiger charge is -2.06. The van der Waals surface area contributed by atoms with Gasteiger partial charge in [0.2, 0.25) is 0 Å². The molecule has 0 unspecified atom stereocenters. The van der Waals surface area contributed by atoms with Gasteiger partial charge in [-0.3, -0.25) is 0 Å². The summed E-state index contributed by atoms with van der Waals surface area (Å²) in [4.78, 5) is 0. The fourth-order valence-corrected chi connectivity index (χ4v) is 1.48. The average Bonchev–Trinajstić information content (AvgIpc) is 2.64. The molecule has 2 rings (SSSR count). The first-order valence-electron chi connectivity index (χ1n) is 4.61. The fraction of sp³-hybridized carbons (Fsp3) is 0.167. The van der Waals surface area contributed by atoms with Gasteiger partial charge in [0.15, 0.2) is 0 Å². The summed E-state index contributed by atoms with van der Waals surface area (Å²) in [7, 11) is 0. The number of aryl methyl sites for hydroxylation is 1. The number of aromatic nitrogens is 1. The second-order valence-corrected chi connectivity index (χ2v) is 3.43. The van der Waals surface area contributed by atoms with E-state index in [9.17, 15) is 4.39 Å². The van der Waals surface area contributed by atoms with Gasteiger partial charge in [0.1, 0.15) is 5.82 Å². The summed E-state index contributed by atoms with van der Waals surface area (Å²) in [5.41, 5.74) is 2.15. The van der Waals surface area contributed by atoms with Gasteiger partial charge in [-0.2, -0.15) is 0 Å². The largest absolute Gasteiger partial charge is 0.350 e. The van der Waals surface area contributed by atoms with Crippen molar-refractivity contribution in [2.45, 2.75) is 13.5 Å². The van der Waals surface area contributed by atoms with Crippen LogP contribution in [0.3, 0.4) is 0 Å². The Hall–Kier alpha value is -1.57. The highest BCUT2D eigenvalue weighted by Crippen LogP contribution is 2.11. The molecule has 2 heteroatoms. The van der Waals surface area contributed by atoms with Crippen LogP contribution in [0.1, 0.15) is 11.1 Å². The van der Waals surface area contributed by atoms with Crippen molar-refractivity contribution in [2.75, 3.05) is 0 Å². The smallest absolute Gasteiger partial charge is 0.123 e. The Balaban J connectivity index is 2.28. The van der Waals surface area contributed by atoms with Crippen molar-refractivity contribution in [1.82, 2.24) is 4.57 Å². The lowest BCUT2D eigenvalue weighted by atomic mass is 10.1. The van der Waals surface area contributed by atoms with E-state index in [1.54, 1.807) is 6.07 Å². The maximum atomic E-state index is 13.0. The third-order valence-electron chi connectivity index (χ3n) is 2.33. The quantitative estimate of drug-likeness (QED) is 0.684. The van der Waals surface area contributed by atoms with E-state index >= 15 is 0 Å². The molecule has 0 radical (unpaired) electrons. The highest BCUT2D eigenvalue weighted by Gasteiger charge is 2.00.